The number of amides is 2. The van der Waals surface area contributed by atoms with Crippen molar-refractivity contribution in [3.63, 3.8) is 0 Å². The van der Waals surface area contributed by atoms with Crippen molar-refractivity contribution < 1.29 is 24.6 Å². The molecule has 0 aromatic carbocycles. The number of carbonyl (C=O) groups excluding carboxylic acids is 1. The second-order valence-electron chi connectivity index (χ2n) is 3.78. The third kappa shape index (κ3) is 4.62. The summed E-state index contributed by atoms with van der Waals surface area (Å²) in [5, 5.41) is 21.8. The normalized spacial score (nSPS) is 11.4. The van der Waals surface area contributed by atoms with E-state index in [1.165, 1.54) is 6.20 Å². The molecule has 0 saturated carbocycles. The molecule has 1 aromatic rings. The van der Waals surface area contributed by atoms with Crippen molar-refractivity contribution in [1.29, 1.82) is 0 Å². The molecule has 0 saturated heterocycles. The van der Waals surface area contributed by atoms with E-state index in [9.17, 15) is 14.4 Å². The van der Waals surface area contributed by atoms with Crippen molar-refractivity contribution in [1.82, 2.24) is 10.3 Å². The molecule has 0 aliphatic rings. The number of rotatable bonds is 5. The Bertz CT molecular complexity index is 503. The molecular formula is C11H13N3O5. The number of nitrogens with one attached hydrogen (secondary N) is 2. The van der Waals surface area contributed by atoms with Crippen LogP contribution in [0.2, 0.25) is 0 Å². The predicted molar refractivity (Wildman–Crippen MR) is 64.8 cm³/mol. The maximum absolute atomic E-state index is 11.6. The fraction of sp³-hybridized carbons (Fsp3) is 0.273. The van der Waals surface area contributed by atoms with Gasteiger partial charge in [0.1, 0.15) is 6.04 Å². The Morgan fingerprint density at radius 1 is 1.37 bits per heavy atom. The van der Waals surface area contributed by atoms with Gasteiger partial charge in [-0.25, -0.2) is 9.59 Å². The zero-order chi connectivity index (χ0) is 14.4. The Labute approximate surface area is 108 Å². The van der Waals surface area contributed by atoms with Crippen LogP contribution in [-0.2, 0) is 9.59 Å². The predicted octanol–water partition coefficient (Wildman–Crippen LogP) is 0.439. The van der Waals surface area contributed by atoms with Crippen LogP contribution in [0.1, 0.15) is 12.0 Å². The lowest BCUT2D eigenvalue weighted by molar-refractivity contribution is -0.145. The summed E-state index contributed by atoms with van der Waals surface area (Å²) in [7, 11) is 0. The first kappa shape index (κ1) is 14.4. The largest absolute Gasteiger partial charge is 0.481 e. The van der Waals surface area contributed by atoms with Gasteiger partial charge in [-0.2, -0.15) is 0 Å². The summed E-state index contributed by atoms with van der Waals surface area (Å²) >= 11 is 0. The summed E-state index contributed by atoms with van der Waals surface area (Å²) in [6, 6.07) is -0.624. The third-order valence-corrected chi connectivity index (χ3v) is 2.27. The van der Waals surface area contributed by atoms with Crippen LogP contribution in [0.25, 0.3) is 0 Å². The summed E-state index contributed by atoms with van der Waals surface area (Å²) in [5.41, 5.74) is 1.16. The lowest BCUT2D eigenvalue weighted by Crippen LogP contribution is -2.44. The molecule has 8 nitrogen and oxygen atoms in total. The van der Waals surface area contributed by atoms with Crippen molar-refractivity contribution >= 4 is 23.7 Å². The number of pyridine rings is 1. The number of nitrogens with zero attached hydrogens (tertiary/aromatic N) is 1. The SMILES string of the molecule is Cc1ccncc1NC(=O)N[C@@H](CC(=O)O)C(=O)O. The number of hydrogen-bond acceptors (Lipinski definition) is 4. The van der Waals surface area contributed by atoms with Gasteiger partial charge in [0.15, 0.2) is 0 Å². The van der Waals surface area contributed by atoms with Crippen molar-refractivity contribution in [2.45, 2.75) is 19.4 Å². The second-order valence-corrected chi connectivity index (χ2v) is 3.78. The molecule has 0 aliphatic heterocycles. The average Bonchev–Trinajstić information content (AvgIpc) is 2.30. The third-order valence-electron chi connectivity index (χ3n) is 2.27. The Balaban J connectivity index is 2.65. The number of aryl methyl sites for hydroxylation is 1. The van der Waals surface area contributed by atoms with E-state index in [0.29, 0.717) is 5.69 Å². The lowest BCUT2D eigenvalue weighted by atomic mass is 10.2. The molecule has 102 valence electrons. The van der Waals surface area contributed by atoms with Gasteiger partial charge in [-0.1, -0.05) is 0 Å². The molecule has 19 heavy (non-hydrogen) atoms. The average molecular weight is 267 g/mol. The van der Waals surface area contributed by atoms with Gasteiger partial charge >= 0.3 is 18.0 Å². The number of carbonyl (C=O) groups is 3. The van der Waals surface area contributed by atoms with E-state index in [1.807, 2.05) is 0 Å². The van der Waals surface area contributed by atoms with Gasteiger partial charge < -0.3 is 20.8 Å². The zero-order valence-corrected chi connectivity index (χ0v) is 10.1. The van der Waals surface area contributed by atoms with Gasteiger partial charge in [0.05, 0.1) is 18.3 Å². The van der Waals surface area contributed by atoms with Crippen LogP contribution in [0.15, 0.2) is 18.5 Å². The van der Waals surface area contributed by atoms with Gasteiger partial charge in [0, 0.05) is 6.20 Å². The van der Waals surface area contributed by atoms with Crippen molar-refractivity contribution in [3.8, 4) is 0 Å². The maximum atomic E-state index is 11.6. The minimum absolute atomic E-state index is 0.416. The number of aromatic nitrogens is 1. The van der Waals surface area contributed by atoms with Crippen LogP contribution in [0, 0.1) is 6.92 Å². The number of carboxylic acids is 2. The minimum atomic E-state index is -1.49. The first-order valence-corrected chi connectivity index (χ1v) is 5.33. The summed E-state index contributed by atoms with van der Waals surface area (Å²) in [4.78, 5) is 36.6. The van der Waals surface area contributed by atoms with Crippen LogP contribution < -0.4 is 10.6 Å². The number of hydrogen-bond donors (Lipinski definition) is 4. The standard InChI is InChI=1S/C11H13N3O5/c1-6-2-3-12-5-8(6)14-11(19)13-7(10(17)18)4-9(15)16/h2-3,5,7H,4H2,1H3,(H,15,16)(H,17,18)(H2,13,14,19)/t7-/m0/s1. The molecule has 0 aliphatic carbocycles. The Morgan fingerprint density at radius 2 is 2.05 bits per heavy atom. The molecule has 2 amide bonds. The molecule has 4 N–H and O–H groups in total. The Morgan fingerprint density at radius 3 is 2.58 bits per heavy atom. The van der Waals surface area contributed by atoms with Crippen LogP contribution in [0.5, 0.6) is 0 Å². The van der Waals surface area contributed by atoms with E-state index < -0.39 is 30.4 Å². The summed E-state index contributed by atoms with van der Waals surface area (Å²) in [6.45, 7) is 1.74. The fourth-order valence-electron chi connectivity index (χ4n) is 1.29. The highest BCUT2D eigenvalue weighted by atomic mass is 16.4. The number of aliphatic carboxylic acids is 2. The molecule has 8 heteroatoms. The molecule has 0 bridgehead atoms. The number of urea groups is 1. The van der Waals surface area contributed by atoms with E-state index >= 15 is 0 Å². The Hall–Kier alpha value is -2.64. The monoisotopic (exact) mass is 267 g/mol. The van der Waals surface area contributed by atoms with E-state index in [0.717, 1.165) is 5.56 Å². The molecular weight excluding hydrogens is 254 g/mol. The molecule has 0 spiro atoms. The van der Waals surface area contributed by atoms with E-state index in [-0.39, 0.29) is 0 Å². The van der Waals surface area contributed by atoms with Crippen LogP contribution >= 0.6 is 0 Å². The highest BCUT2D eigenvalue weighted by molar-refractivity contribution is 5.93. The van der Waals surface area contributed by atoms with Gasteiger partial charge in [0.2, 0.25) is 0 Å². The van der Waals surface area contributed by atoms with Crippen molar-refractivity contribution in [2.24, 2.45) is 0 Å². The highest BCUT2D eigenvalue weighted by Gasteiger charge is 2.23. The van der Waals surface area contributed by atoms with Crippen molar-refractivity contribution in [3.05, 3.63) is 24.0 Å². The molecule has 1 rings (SSSR count). The molecule has 1 heterocycles. The van der Waals surface area contributed by atoms with Gasteiger partial charge in [-0.3, -0.25) is 9.78 Å². The van der Waals surface area contributed by atoms with E-state index in [1.54, 1.807) is 19.2 Å². The van der Waals surface area contributed by atoms with Crippen molar-refractivity contribution in [2.75, 3.05) is 5.32 Å². The molecule has 0 unspecified atom stereocenters. The summed E-state index contributed by atoms with van der Waals surface area (Å²) in [5.74, 6) is -2.73. The first-order valence-electron chi connectivity index (χ1n) is 5.33. The van der Waals surface area contributed by atoms with Crippen LogP contribution in [0.3, 0.4) is 0 Å². The summed E-state index contributed by atoms with van der Waals surface area (Å²) < 4.78 is 0. The zero-order valence-electron chi connectivity index (χ0n) is 10.1. The second kappa shape index (κ2) is 6.34. The molecule has 0 fully saturated rings. The lowest BCUT2D eigenvalue weighted by Gasteiger charge is -2.13. The highest BCUT2D eigenvalue weighted by Crippen LogP contribution is 2.10. The van der Waals surface area contributed by atoms with Gasteiger partial charge in [-0.05, 0) is 18.6 Å². The van der Waals surface area contributed by atoms with Crippen LogP contribution in [-0.4, -0.2) is 39.2 Å². The maximum Gasteiger partial charge on any atom is 0.326 e. The van der Waals surface area contributed by atoms with Gasteiger partial charge in [0.25, 0.3) is 0 Å². The van der Waals surface area contributed by atoms with Gasteiger partial charge in [-0.15, -0.1) is 0 Å². The van der Waals surface area contributed by atoms with E-state index in [4.69, 9.17) is 10.2 Å². The Kier molecular flexibility index (Phi) is 4.81. The first-order chi connectivity index (χ1) is 8.90. The van der Waals surface area contributed by atoms with E-state index in [2.05, 4.69) is 15.6 Å². The molecule has 1 aromatic heterocycles. The molecule has 1 atom stereocenters. The summed E-state index contributed by atoms with van der Waals surface area (Å²) in [6.07, 6.45) is 2.25. The topological polar surface area (TPSA) is 129 Å². The smallest absolute Gasteiger partial charge is 0.326 e. The fourth-order valence-corrected chi connectivity index (χ4v) is 1.29. The quantitative estimate of drug-likeness (QED) is 0.612. The van der Waals surface area contributed by atoms with Crippen LogP contribution in [0.4, 0.5) is 10.5 Å². The molecule has 0 radical (unpaired) electrons. The minimum Gasteiger partial charge on any atom is -0.481 e. The number of carboxylic acid groups (broad SMARTS) is 2. The number of anilines is 1.